The molecule has 1 saturated heterocycles. The maximum Gasteiger partial charge on any atom is 0.340 e. The third-order valence-electron chi connectivity index (χ3n) is 4.16. The highest BCUT2D eigenvalue weighted by molar-refractivity contribution is 6.30. The zero-order valence-electron chi connectivity index (χ0n) is 14.7. The molecule has 2 aromatic rings. The number of nitrogens with zero attached hydrogens (tertiary/aromatic N) is 1. The summed E-state index contributed by atoms with van der Waals surface area (Å²) in [7, 11) is 0. The Morgan fingerprint density at radius 3 is 2.44 bits per heavy atom. The Labute approximate surface area is 155 Å². The van der Waals surface area contributed by atoms with Gasteiger partial charge in [-0.25, -0.2) is 4.79 Å². The number of hydrogen-bond donors (Lipinski definition) is 1. The summed E-state index contributed by atoms with van der Waals surface area (Å²) in [6, 6.07) is 15.0. The summed E-state index contributed by atoms with van der Waals surface area (Å²) in [4.78, 5) is 50.8. The van der Waals surface area contributed by atoms with Crippen LogP contribution in [0.1, 0.15) is 17.3 Å². The molecule has 3 rings (SSSR count). The van der Waals surface area contributed by atoms with Crippen molar-refractivity contribution in [2.24, 2.45) is 5.92 Å². The van der Waals surface area contributed by atoms with E-state index < -0.39 is 29.5 Å². The normalized spacial score (nSPS) is 16.3. The fourth-order valence-corrected chi connectivity index (χ4v) is 2.89. The summed E-state index contributed by atoms with van der Waals surface area (Å²) < 4.78 is 4.96. The first-order valence-corrected chi connectivity index (χ1v) is 8.49. The van der Waals surface area contributed by atoms with E-state index in [4.69, 9.17) is 4.74 Å². The Kier molecular flexibility index (Phi) is 5.30. The second-order valence-corrected chi connectivity index (χ2v) is 5.91. The third kappa shape index (κ3) is 3.72. The average molecular weight is 366 g/mol. The van der Waals surface area contributed by atoms with Crippen LogP contribution in [0.3, 0.4) is 0 Å². The first-order valence-electron chi connectivity index (χ1n) is 8.49. The summed E-state index contributed by atoms with van der Waals surface area (Å²) in [5.41, 5.74) is 0.906. The summed E-state index contributed by atoms with van der Waals surface area (Å²) in [6.07, 6.45) is 0. The number of Topliss-reactive ketones (excluding diaryl/α,β-unsaturated/α-hetero) is 1. The van der Waals surface area contributed by atoms with Crippen molar-refractivity contribution in [1.82, 2.24) is 0 Å². The molecule has 1 unspecified atom stereocenters. The molecule has 2 amide bonds. The number of hydrogen-bond acceptors (Lipinski definition) is 5. The van der Waals surface area contributed by atoms with Crippen molar-refractivity contribution in [2.45, 2.75) is 6.92 Å². The molecule has 1 N–H and O–H groups in total. The number of ketones is 1. The second-order valence-electron chi connectivity index (χ2n) is 5.91. The summed E-state index contributed by atoms with van der Waals surface area (Å²) in [5, 5.41) is 2.52. The average Bonchev–Trinajstić information content (AvgIpc) is 2.97. The lowest BCUT2D eigenvalue weighted by molar-refractivity contribution is -0.134. The molecule has 7 heteroatoms. The molecular weight excluding hydrogens is 348 g/mol. The lowest BCUT2D eigenvalue weighted by atomic mass is 10.1. The number of ether oxygens (including phenoxy) is 1. The van der Waals surface area contributed by atoms with Crippen LogP contribution in [0.5, 0.6) is 0 Å². The molecule has 0 radical (unpaired) electrons. The second kappa shape index (κ2) is 7.82. The number of carbonyl (C=O) groups is 4. The number of anilines is 2. The van der Waals surface area contributed by atoms with Gasteiger partial charge in [0.25, 0.3) is 0 Å². The topological polar surface area (TPSA) is 92.8 Å². The van der Waals surface area contributed by atoms with E-state index in [0.717, 1.165) is 0 Å². The molecule has 0 aliphatic carbocycles. The van der Waals surface area contributed by atoms with Crippen LogP contribution < -0.4 is 10.2 Å². The maximum absolute atomic E-state index is 12.6. The molecule has 1 atom stereocenters. The van der Waals surface area contributed by atoms with Gasteiger partial charge in [-0.05, 0) is 31.2 Å². The highest BCUT2D eigenvalue weighted by Gasteiger charge is 2.44. The number of esters is 1. The first kappa shape index (κ1) is 18.3. The highest BCUT2D eigenvalue weighted by atomic mass is 16.5. The minimum absolute atomic E-state index is 0.158. The first-order chi connectivity index (χ1) is 13.0. The van der Waals surface area contributed by atoms with E-state index in [-0.39, 0.29) is 24.4 Å². The molecule has 7 nitrogen and oxygen atoms in total. The van der Waals surface area contributed by atoms with E-state index in [1.54, 1.807) is 49.4 Å². The van der Waals surface area contributed by atoms with Gasteiger partial charge in [-0.2, -0.15) is 0 Å². The van der Waals surface area contributed by atoms with Crippen molar-refractivity contribution in [1.29, 1.82) is 0 Å². The van der Waals surface area contributed by atoms with Crippen LogP contribution in [0, 0.1) is 5.92 Å². The van der Waals surface area contributed by atoms with Gasteiger partial charge in [0, 0.05) is 5.69 Å². The number of nitrogens with one attached hydrogen (secondary N) is 1. The SMILES string of the molecule is CCOC(=O)c1ccccc1NC(=O)C1C(=O)CN(c2ccccc2)C1=O. The third-order valence-corrected chi connectivity index (χ3v) is 4.16. The molecular formula is C20H18N2O5. The molecule has 0 spiro atoms. The fourth-order valence-electron chi connectivity index (χ4n) is 2.89. The predicted octanol–water partition coefficient (Wildman–Crippen LogP) is 2.03. The lowest BCUT2D eigenvalue weighted by Crippen LogP contribution is -2.34. The Bertz CT molecular complexity index is 894. The largest absolute Gasteiger partial charge is 0.462 e. The van der Waals surface area contributed by atoms with Gasteiger partial charge in [-0.1, -0.05) is 30.3 Å². The Hall–Kier alpha value is -3.48. The van der Waals surface area contributed by atoms with Gasteiger partial charge in [-0.3, -0.25) is 14.4 Å². The minimum Gasteiger partial charge on any atom is -0.462 e. The van der Waals surface area contributed by atoms with Crippen LogP contribution in [0.15, 0.2) is 54.6 Å². The number of rotatable bonds is 5. The molecule has 2 aromatic carbocycles. The highest BCUT2D eigenvalue weighted by Crippen LogP contribution is 2.25. The van der Waals surface area contributed by atoms with Gasteiger partial charge in [0.15, 0.2) is 11.7 Å². The van der Waals surface area contributed by atoms with Crippen molar-refractivity contribution in [2.75, 3.05) is 23.4 Å². The number of amides is 2. The smallest absolute Gasteiger partial charge is 0.340 e. The molecule has 0 bridgehead atoms. The van der Waals surface area contributed by atoms with Crippen LogP contribution in [0.2, 0.25) is 0 Å². The standard InChI is InChI=1S/C20H18N2O5/c1-2-27-20(26)14-10-6-7-11-15(14)21-18(24)17-16(23)12-22(19(17)25)13-8-4-3-5-9-13/h3-11,17H,2,12H2,1H3,(H,21,24). The van der Waals surface area contributed by atoms with Crippen LogP contribution in [-0.4, -0.2) is 36.7 Å². The van der Waals surface area contributed by atoms with Gasteiger partial charge in [-0.15, -0.1) is 0 Å². The molecule has 0 aromatic heterocycles. The Balaban J connectivity index is 1.80. The van der Waals surface area contributed by atoms with Gasteiger partial charge in [0.05, 0.1) is 24.4 Å². The predicted molar refractivity (Wildman–Crippen MR) is 98.3 cm³/mol. The van der Waals surface area contributed by atoms with E-state index >= 15 is 0 Å². The summed E-state index contributed by atoms with van der Waals surface area (Å²) >= 11 is 0. The maximum atomic E-state index is 12.6. The van der Waals surface area contributed by atoms with Crippen LogP contribution in [-0.2, 0) is 19.1 Å². The van der Waals surface area contributed by atoms with E-state index in [0.29, 0.717) is 5.69 Å². The minimum atomic E-state index is -1.44. The molecule has 1 aliphatic heterocycles. The van der Waals surface area contributed by atoms with E-state index in [9.17, 15) is 19.2 Å². The van der Waals surface area contributed by atoms with Gasteiger partial charge in [0.2, 0.25) is 11.8 Å². The molecule has 138 valence electrons. The van der Waals surface area contributed by atoms with Crippen molar-refractivity contribution >= 4 is 34.9 Å². The summed E-state index contributed by atoms with van der Waals surface area (Å²) in [5.74, 6) is -3.88. The van der Waals surface area contributed by atoms with E-state index in [1.807, 2.05) is 0 Å². The fraction of sp³-hybridized carbons (Fsp3) is 0.200. The quantitative estimate of drug-likeness (QED) is 0.646. The van der Waals surface area contributed by atoms with Crippen LogP contribution >= 0.6 is 0 Å². The van der Waals surface area contributed by atoms with Crippen molar-refractivity contribution in [3.05, 3.63) is 60.2 Å². The molecule has 0 saturated carbocycles. The van der Waals surface area contributed by atoms with Crippen LogP contribution in [0.25, 0.3) is 0 Å². The van der Waals surface area contributed by atoms with Gasteiger partial charge in [0.1, 0.15) is 0 Å². The zero-order valence-corrected chi connectivity index (χ0v) is 14.7. The van der Waals surface area contributed by atoms with E-state index in [2.05, 4.69) is 5.32 Å². The Morgan fingerprint density at radius 1 is 1.07 bits per heavy atom. The van der Waals surface area contributed by atoms with Crippen molar-refractivity contribution < 1.29 is 23.9 Å². The summed E-state index contributed by atoms with van der Waals surface area (Å²) in [6.45, 7) is 1.69. The van der Waals surface area contributed by atoms with E-state index in [1.165, 1.54) is 17.0 Å². The van der Waals surface area contributed by atoms with Crippen molar-refractivity contribution in [3.63, 3.8) is 0 Å². The monoisotopic (exact) mass is 366 g/mol. The number of benzene rings is 2. The van der Waals surface area contributed by atoms with Gasteiger partial charge >= 0.3 is 5.97 Å². The van der Waals surface area contributed by atoms with Crippen molar-refractivity contribution in [3.8, 4) is 0 Å². The molecule has 1 aliphatic rings. The Morgan fingerprint density at radius 2 is 1.74 bits per heavy atom. The number of carbonyl (C=O) groups excluding carboxylic acids is 4. The molecule has 1 heterocycles. The molecule has 1 fully saturated rings. The number of para-hydroxylation sites is 2. The zero-order chi connectivity index (χ0) is 19.4. The molecule has 27 heavy (non-hydrogen) atoms. The van der Waals surface area contributed by atoms with Gasteiger partial charge < -0.3 is 15.0 Å². The van der Waals surface area contributed by atoms with Crippen LogP contribution in [0.4, 0.5) is 11.4 Å². The lowest BCUT2D eigenvalue weighted by Gasteiger charge is -2.16.